The van der Waals surface area contributed by atoms with Crippen molar-refractivity contribution in [3.8, 4) is 0 Å². The van der Waals surface area contributed by atoms with Gasteiger partial charge >= 0.3 is 11.9 Å². The number of aromatic carboxylic acids is 1. The zero-order chi connectivity index (χ0) is 11.4. The molecule has 0 atom stereocenters. The van der Waals surface area contributed by atoms with Crippen LogP contribution in [0.4, 0.5) is 5.69 Å². The summed E-state index contributed by atoms with van der Waals surface area (Å²) in [7, 11) is 0. The molecule has 1 aromatic carbocycles. The maximum atomic E-state index is 10.7. The maximum Gasteiger partial charge on any atom is 0.337 e. The van der Waals surface area contributed by atoms with E-state index in [9.17, 15) is 9.59 Å². The first-order valence-corrected chi connectivity index (χ1v) is 4.05. The van der Waals surface area contributed by atoms with Gasteiger partial charge in [0, 0.05) is 6.08 Å². The topological polar surface area (TPSA) is 101 Å². The van der Waals surface area contributed by atoms with Gasteiger partial charge in [0.25, 0.3) is 0 Å². The van der Waals surface area contributed by atoms with E-state index in [0.717, 1.165) is 6.08 Å². The van der Waals surface area contributed by atoms with E-state index < -0.39 is 11.9 Å². The number of carboxylic acids is 2. The molecular formula is C10H9NO4. The van der Waals surface area contributed by atoms with E-state index in [0.29, 0.717) is 5.56 Å². The summed E-state index contributed by atoms with van der Waals surface area (Å²) in [6, 6.07) is 4.40. The van der Waals surface area contributed by atoms with E-state index in [-0.39, 0.29) is 11.3 Å². The molecular weight excluding hydrogens is 198 g/mol. The van der Waals surface area contributed by atoms with Crippen LogP contribution in [0, 0.1) is 0 Å². The summed E-state index contributed by atoms with van der Waals surface area (Å²) in [5, 5.41) is 17.1. The third-order valence-electron chi connectivity index (χ3n) is 1.78. The normalized spacial score (nSPS) is 10.4. The minimum atomic E-state index is -1.14. The van der Waals surface area contributed by atoms with Crippen molar-refractivity contribution in [2.45, 2.75) is 0 Å². The number of nitrogen functional groups attached to an aromatic ring is 1. The first kappa shape index (κ1) is 10.8. The number of aliphatic carboxylic acids is 1. The highest BCUT2D eigenvalue weighted by molar-refractivity contribution is 5.96. The fourth-order valence-corrected chi connectivity index (χ4v) is 1.08. The number of nitrogens with two attached hydrogens (primary N) is 1. The van der Waals surface area contributed by atoms with Crippen LogP contribution in [0.15, 0.2) is 24.3 Å². The number of carbonyl (C=O) groups is 2. The lowest BCUT2D eigenvalue weighted by Crippen LogP contribution is -2.03. The molecule has 0 saturated heterocycles. The molecule has 0 fully saturated rings. The molecule has 0 radical (unpaired) electrons. The van der Waals surface area contributed by atoms with Crippen molar-refractivity contribution in [1.29, 1.82) is 0 Å². The van der Waals surface area contributed by atoms with Gasteiger partial charge in [0.05, 0.1) is 11.3 Å². The third kappa shape index (κ3) is 2.57. The van der Waals surface area contributed by atoms with Crippen molar-refractivity contribution in [3.05, 3.63) is 35.4 Å². The highest BCUT2D eigenvalue weighted by atomic mass is 16.4. The average molecular weight is 207 g/mol. The molecule has 0 unspecified atom stereocenters. The number of para-hydroxylation sites is 1. The zero-order valence-electron chi connectivity index (χ0n) is 7.68. The van der Waals surface area contributed by atoms with Gasteiger partial charge < -0.3 is 15.9 Å². The van der Waals surface area contributed by atoms with Gasteiger partial charge in [-0.25, -0.2) is 9.59 Å². The van der Waals surface area contributed by atoms with Gasteiger partial charge in [0.1, 0.15) is 0 Å². The van der Waals surface area contributed by atoms with Gasteiger partial charge in [0.2, 0.25) is 0 Å². The van der Waals surface area contributed by atoms with Crippen LogP contribution >= 0.6 is 0 Å². The molecule has 0 aliphatic heterocycles. The molecule has 5 heteroatoms. The Labute approximate surface area is 85.5 Å². The van der Waals surface area contributed by atoms with Crippen LogP contribution in [0.1, 0.15) is 15.9 Å². The molecule has 1 aromatic rings. The van der Waals surface area contributed by atoms with Crippen LogP contribution in [-0.4, -0.2) is 22.2 Å². The fraction of sp³-hybridized carbons (Fsp3) is 0. The Morgan fingerprint density at radius 2 is 1.93 bits per heavy atom. The summed E-state index contributed by atoms with van der Waals surface area (Å²) in [5.74, 6) is -2.26. The van der Waals surface area contributed by atoms with E-state index in [2.05, 4.69) is 0 Å². The Balaban J connectivity index is 3.15. The molecule has 78 valence electrons. The van der Waals surface area contributed by atoms with Crippen LogP contribution in [0.3, 0.4) is 0 Å². The minimum absolute atomic E-state index is 0.0393. The molecule has 0 amide bonds. The van der Waals surface area contributed by atoms with Gasteiger partial charge in [-0.3, -0.25) is 0 Å². The van der Waals surface area contributed by atoms with Crippen molar-refractivity contribution >= 4 is 23.7 Å². The highest BCUT2D eigenvalue weighted by Gasteiger charge is 2.09. The van der Waals surface area contributed by atoms with Crippen LogP contribution in [0.25, 0.3) is 6.08 Å². The van der Waals surface area contributed by atoms with Gasteiger partial charge in [-0.05, 0) is 17.7 Å². The second-order valence-corrected chi connectivity index (χ2v) is 2.79. The highest BCUT2D eigenvalue weighted by Crippen LogP contribution is 2.18. The Kier molecular flexibility index (Phi) is 3.07. The molecule has 0 aliphatic carbocycles. The number of benzene rings is 1. The number of hydrogen-bond acceptors (Lipinski definition) is 3. The first-order chi connectivity index (χ1) is 7.02. The standard InChI is InChI=1S/C10H9NO4/c11-9-6(4-5-8(12)13)2-1-3-7(9)10(14)15/h1-5H,11H2,(H,12,13)(H,14,15). The smallest absolute Gasteiger partial charge is 0.337 e. The molecule has 5 nitrogen and oxygen atoms in total. The van der Waals surface area contributed by atoms with Gasteiger partial charge in [-0.1, -0.05) is 12.1 Å². The Bertz CT molecular complexity index is 437. The van der Waals surface area contributed by atoms with Gasteiger partial charge in [0.15, 0.2) is 0 Å². The summed E-state index contributed by atoms with van der Waals surface area (Å²) in [6.45, 7) is 0. The van der Waals surface area contributed by atoms with Crippen LogP contribution in [0.5, 0.6) is 0 Å². The molecule has 0 heterocycles. The van der Waals surface area contributed by atoms with Crippen LogP contribution < -0.4 is 5.73 Å². The van der Waals surface area contributed by atoms with E-state index >= 15 is 0 Å². The van der Waals surface area contributed by atoms with Gasteiger partial charge in [-0.2, -0.15) is 0 Å². The monoisotopic (exact) mass is 207 g/mol. The van der Waals surface area contributed by atoms with Crippen molar-refractivity contribution in [3.63, 3.8) is 0 Å². The second-order valence-electron chi connectivity index (χ2n) is 2.79. The molecule has 0 saturated carbocycles. The van der Waals surface area contributed by atoms with Crippen molar-refractivity contribution in [2.24, 2.45) is 0 Å². The molecule has 0 bridgehead atoms. The van der Waals surface area contributed by atoms with E-state index in [4.69, 9.17) is 15.9 Å². The molecule has 1 rings (SSSR count). The van der Waals surface area contributed by atoms with Crippen LogP contribution in [-0.2, 0) is 4.79 Å². The SMILES string of the molecule is Nc1c(C=CC(=O)O)cccc1C(=O)O. The average Bonchev–Trinajstić information content (AvgIpc) is 2.15. The van der Waals surface area contributed by atoms with Gasteiger partial charge in [-0.15, -0.1) is 0 Å². The van der Waals surface area contributed by atoms with Crippen LogP contribution in [0.2, 0.25) is 0 Å². The summed E-state index contributed by atoms with van der Waals surface area (Å²) < 4.78 is 0. The number of carboxylic acid groups (broad SMARTS) is 2. The Morgan fingerprint density at radius 1 is 1.27 bits per heavy atom. The quantitative estimate of drug-likeness (QED) is 0.508. The Hall–Kier alpha value is -2.30. The number of hydrogen-bond donors (Lipinski definition) is 3. The van der Waals surface area contributed by atoms with Crippen molar-refractivity contribution in [2.75, 3.05) is 5.73 Å². The summed E-state index contributed by atoms with van der Waals surface area (Å²) in [6.07, 6.45) is 2.15. The molecule has 15 heavy (non-hydrogen) atoms. The number of anilines is 1. The predicted molar refractivity (Wildman–Crippen MR) is 54.5 cm³/mol. The number of rotatable bonds is 3. The summed E-state index contributed by atoms with van der Waals surface area (Å²) in [5.41, 5.74) is 5.94. The predicted octanol–water partition coefficient (Wildman–Crippen LogP) is 1.06. The molecule has 4 N–H and O–H groups in total. The third-order valence-corrected chi connectivity index (χ3v) is 1.78. The maximum absolute atomic E-state index is 10.7. The van der Waals surface area contributed by atoms with E-state index in [1.807, 2.05) is 0 Å². The minimum Gasteiger partial charge on any atom is -0.478 e. The van der Waals surface area contributed by atoms with Crippen molar-refractivity contribution < 1.29 is 19.8 Å². The summed E-state index contributed by atoms with van der Waals surface area (Å²) in [4.78, 5) is 21.0. The largest absolute Gasteiger partial charge is 0.478 e. The zero-order valence-corrected chi connectivity index (χ0v) is 7.68. The summed E-state index contributed by atoms with van der Waals surface area (Å²) >= 11 is 0. The van der Waals surface area contributed by atoms with E-state index in [1.165, 1.54) is 18.2 Å². The lowest BCUT2D eigenvalue weighted by molar-refractivity contribution is -0.131. The Morgan fingerprint density at radius 3 is 2.47 bits per heavy atom. The lowest BCUT2D eigenvalue weighted by atomic mass is 10.1. The fourth-order valence-electron chi connectivity index (χ4n) is 1.08. The second kappa shape index (κ2) is 4.28. The lowest BCUT2D eigenvalue weighted by Gasteiger charge is -2.03. The first-order valence-electron chi connectivity index (χ1n) is 4.05. The molecule has 0 spiro atoms. The van der Waals surface area contributed by atoms with E-state index in [1.54, 1.807) is 6.07 Å². The van der Waals surface area contributed by atoms with Crippen molar-refractivity contribution in [1.82, 2.24) is 0 Å². The molecule has 0 aliphatic rings. The molecule has 0 aromatic heterocycles.